The fraction of sp³-hybridized carbons (Fsp3) is 0.667. The van der Waals surface area contributed by atoms with Gasteiger partial charge in [-0.1, -0.05) is 6.92 Å². The predicted molar refractivity (Wildman–Crippen MR) is 43.8 cm³/mol. The molecule has 0 aromatic rings. The van der Waals surface area contributed by atoms with Gasteiger partial charge in [0, 0.05) is 25.9 Å². The van der Waals surface area contributed by atoms with Gasteiger partial charge in [-0.25, -0.2) is 0 Å². The van der Waals surface area contributed by atoms with Gasteiger partial charge in [-0.2, -0.15) is 0 Å². The monoisotopic (exact) mass is 151 g/mol. The van der Waals surface area contributed by atoms with Gasteiger partial charge in [0.25, 0.3) is 0 Å². The first-order valence-corrected chi connectivity index (χ1v) is 3.95. The zero-order valence-electron chi connectivity index (χ0n) is 6.84. The van der Waals surface area contributed by atoms with Gasteiger partial charge >= 0.3 is 0 Å². The van der Waals surface area contributed by atoms with Gasteiger partial charge in [0.1, 0.15) is 0 Å². The van der Waals surface area contributed by atoms with Crippen LogP contribution in [0.2, 0.25) is 0 Å². The van der Waals surface area contributed by atoms with Crippen molar-refractivity contribution in [1.29, 1.82) is 0 Å². The molecule has 1 aliphatic rings. The van der Waals surface area contributed by atoms with E-state index in [4.69, 9.17) is 6.42 Å². The van der Waals surface area contributed by atoms with Crippen LogP contribution in [0.1, 0.15) is 19.8 Å². The van der Waals surface area contributed by atoms with Crippen molar-refractivity contribution in [2.75, 3.05) is 13.1 Å². The minimum atomic E-state index is 0.257. The fourth-order valence-corrected chi connectivity index (χ4v) is 1.39. The number of hydrogen-bond donors (Lipinski definition) is 0. The molecule has 0 saturated carbocycles. The lowest BCUT2D eigenvalue weighted by atomic mass is 10.2. The van der Waals surface area contributed by atoms with Crippen molar-refractivity contribution < 1.29 is 4.79 Å². The number of terminal acetylenes is 1. The van der Waals surface area contributed by atoms with Gasteiger partial charge in [-0.05, 0) is 5.92 Å². The lowest BCUT2D eigenvalue weighted by Gasteiger charge is -2.13. The summed E-state index contributed by atoms with van der Waals surface area (Å²) in [7, 11) is 0. The summed E-state index contributed by atoms with van der Waals surface area (Å²) in [6.07, 6.45) is 6.48. The molecule has 1 heterocycles. The molecule has 1 rings (SSSR count). The number of carbonyl (C=O) groups is 1. The molecule has 0 aromatic heterocycles. The average Bonchev–Trinajstić information content (AvgIpc) is 2.26. The fourth-order valence-electron chi connectivity index (χ4n) is 1.39. The molecule has 0 radical (unpaired) electrons. The van der Waals surface area contributed by atoms with Crippen LogP contribution >= 0.6 is 0 Å². The number of hydrogen-bond acceptors (Lipinski definition) is 1. The second-order valence-electron chi connectivity index (χ2n) is 3.10. The molecule has 0 spiro atoms. The lowest BCUT2D eigenvalue weighted by Crippen LogP contribution is -2.25. The van der Waals surface area contributed by atoms with Crippen LogP contribution in [0.25, 0.3) is 0 Å². The van der Waals surface area contributed by atoms with E-state index >= 15 is 0 Å². The first-order valence-electron chi connectivity index (χ1n) is 3.95. The third-order valence-electron chi connectivity index (χ3n) is 1.93. The molecular weight excluding hydrogens is 138 g/mol. The highest BCUT2D eigenvalue weighted by atomic mass is 16.2. The van der Waals surface area contributed by atoms with Crippen molar-refractivity contribution in [2.45, 2.75) is 19.8 Å². The summed E-state index contributed by atoms with van der Waals surface area (Å²) in [5.41, 5.74) is 0. The second-order valence-corrected chi connectivity index (χ2v) is 3.10. The number of likely N-dealkylation sites (tertiary alicyclic amines) is 1. The van der Waals surface area contributed by atoms with E-state index in [9.17, 15) is 4.79 Å². The van der Waals surface area contributed by atoms with E-state index in [1.807, 2.05) is 4.90 Å². The molecule has 1 aliphatic heterocycles. The van der Waals surface area contributed by atoms with Crippen LogP contribution in [0.3, 0.4) is 0 Å². The normalized spacial score (nSPS) is 23.8. The minimum Gasteiger partial charge on any atom is -0.341 e. The Labute approximate surface area is 67.6 Å². The molecule has 60 valence electrons. The van der Waals surface area contributed by atoms with Crippen molar-refractivity contribution >= 4 is 5.91 Å². The Morgan fingerprint density at radius 3 is 3.00 bits per heavy atom. The topological polar surface area (TPSA) is 20.3 Å². The lowest BCUT2D eigenvalue weighted by molar-refractivity contribution is -0.127. The Morgan fingerprint density at radius 1 is 1.82 bits per heavy atom. The van der Waals surface area contributed by atoms with E-state index < -0.39 is 0 Å². The Bertz CT molecular complexity index is 192. The zero-order valence-corrected chi connectivity index (χ0v) is 6.84. The maximum absolute atomic E-state index is 11.1. The molecule has 2 heteroatoms. The zero-order chi connectivity index (χ0) is 8.27. The van der Waals surface area contributed by atoms with Crippen molar-refractivity contribution in [2.24, 2.45) is 5.92 Å². The minimum absolute atomic E-state index is 0.257. The Hall–Kier alpha value is -0.970. The summed E-state index contributed by atoms with van der Waals surface area (Å²) in [6, 6.07) is 0. The predicted octanol–water partition coefficient (Wildman–Crippen LogP) is 0.878. The molecule has 1 atom stereocenters. The van der Waals surface area contributed by atoms with Crippen LogP contribution < -0.4 is 0 Å². The highest BCUT2D eigenvalue weighted by Gasteiger charge is 2.25. The molecule has 1 unspecified atom stereocenters. The second kappa shape index (κ2) is 3.43. The molecule has 0 N–H and O–H groups in total. The number of amides is 1. The highest BCUT2D eigenvalue weighted by Crippen LogP contribution is 2.16. The molecule has 0 aliphatic carbocycles. The third kappa shape index (κ3) is 1.98. The smallest absolute Gasteiger partial charge is 0.222 e. The quantitative estimate of drug-likeness (QED) is 0.536. The van der Waals surface area contributed by atoms with Gasteiger partial charge in [-0.3, -0.25) is 4.79 Å². The van der Waals surface area contributed by atoms with Gasteiger partial charge < -0.3 is 4.90 Å². The van der Waals surface area contributed by atoms with Crippen LogP contribution in [0, 0.1) is 18.3 Å². The van der Waals surface area contributed by atoms with Crippen molar-refractivity contribution in [3.63, 3.8) is 0 Å². The molecule has 2 nitrogen and oxygen atoms in total. The number of carbonyl (C=O) groups excluding carboxylic acids is 1. The van der Waals surface area contributed by atoms with Crippen LogP contribution in [0.4, 0.5) is 0 Å². The van der Waals surface area contributed by atoms with E-state index in [0.29, 0.717) is 18.8 Å². The van der Waals surface area contributed by atoms with Gasteiger partial charge in [-0.15, -0.1) is 12.3 Å². The number of rotatable bonds is 2. The van der Waals surface area contributed by atoms with Crippen LogP contribution in [0.15, 0.2) is 0 Å². The summed E-state index contributed by atoms with van der Waals surface area (Å²) >= 11 is 0. The Morgan fingerprint density at radius 2 is 2.55 bits per heavy atom. The van der Waals surface area contributed by atoms with Gasteiger partial charge in [0.15, 0.2) is 0 Å². The van der Waals surface area contributed by atoms with E-state index in [0.717, 1.165) is 13.1 Å². The van der Waals surface area contributed by atoms with Crippen LogP contribution in [0.5, 0.6) is 0 Å². The van der Waals surface area contributed by atoms with Crippen molar-refractivity contribution in [3.05, 3.63) is 0 Å². The SMILES string of the molecule is C#CCCN1CC(C)CC1=O. The summed E-state index contributed by atoms with van der Waals surface area (Å²) in [6.45, 7) is 3.72. The molecular formula is C9H13NO. The van der Waals surface area contributed by atoms with Gasteiger partial charge in [0.2, 0.25) is 5.91 Å². The standard InChI is InChI=1S/C9H13NO/c1-3-4-5-10-7-8(2)6-9(10)11/h1,8H,4-7H2,2H3. The van der Waals surface area contributed by atoms with Crippen LogP contribution in [-0.4, -0.2) is 23.9 Å². The average molecular weight is 151 g/mol. The highest BCUT2D eigenvalue weighted by molar-refractivity contribution is 5.78. The summed E-state index contributed by atoms with van der Waals surface area (Å²) < 4.78 is 0. The van der Waals surface area contributed by atoms with E-state index in [1.165, 1.54) is 0 Å². The van der Waals surface area contributed by atoms with Crippen molar-refractivity contribution in [1.82, 2.24) is 4.90 Å². The summed E-state index contributed by atoms with van der Waals surface area (Å²) in [5.74, 6) is 3.31. The molecule has 1 amide bonds. The van der Waals surface area contributed by atoms with E-state index in [1.54, 1.807) is 0 Å². The number of nitrogens with zero attached hydrogens (tertiary/aromatic N) is 1. The van der Waals surface area contributed by atoms with E-state index in [-0.39, 0.29) is 5.91 Å². The van der Waals surface area contributed by atoms with E-state index in [2.05, 4.69) is 12.8 Å². The molecule has 0 aromatic carbocycles. The summed E-state index contributed by atoms with van der Waals surface area (Å²) in [4.78, 5) is 13.0. The molecule has 1 saturated heterocycles. The maximum atomic E-state index is 11.1. The Balaban J connectivity index is 2.36. The summed E-state index contributed by atoms with van der Waals surface area (Å²) in [5, 5.41) is 0. The maximum Gasteiger partial charge on any atom is 0.222 e. The largest absolute Gasteiger partial charge is 0.341 e. The third-order valence-corrected chi connectivity index (χ3v) is 1.93. The van der Waals surface area contributed by atoms with Crippen LogP contribution in [-0.2, 0) is 4.79 Å². The first-order chi connectivity index (χ1) is 5.24. The Kier molecular flexibility index (Phi) is 2.53. The molecule has 0 bridgehead atoms. The molecule has 1 fully saturated rings. The first kappa shape index (κ1) is 8.13. The molecule has 11 heavy (non-hydrogen) atoms. The van der Waals surface area contributed by atoms with Gasteiger partial charge in [0.05, 0.1) is 0 Å². The van der Waals surface area contributed by atoms with Crippen molar-refractivity contribution in [3.8, 4) is 12.3 Å².